The van der Waals surface area contributed by atoms with Gasteiger partial charge in [-0.1, -0.05) is 24.3 Å². The second kappa shape index (κ2) is 8.02. The number of pyridine rings is 1. The van der Waals surface area contributed by atoms with Crippen molar-refractivity contribution in [1.82, 2.24) is 10.3 Å². The normalized spacial score (nSPS) is 12.5. The van der Waals surface area contributed by atoms with Gasteiger partial charge in [0.2, 0.25) is 0 Å². The molecular weight excluding hydrogens is 380 g/mol. The Balaban J connectivity index is 1.92. The van der Waals surface area contributed by atoms with Crippen LogP contribution in [-0.2, 0) is 9.84 Å². The summed E-state index contributed by atoms with van der Waals surface area (Å²) in [5, 5.41) is 3.70. The first-order valence-electron chi connectivity index (χ1n) is 8.43. The Morgan fingerprint density at radius 3 is 2.63 bits per heavy atom. The van der Waals surface area contributed by atoms with E-state index in [4.69, 9.17) is 0 Å². The summed E-state index contributed by atoms with van der Waals surface area (Å²) in [6.45, 7) is 3.62. The van der Waals surface area contributed by atoms with Crippen molar-refractivity contribution in [2.75, 3.05) is 6.54 Å². The molecule has 0 aliphatic carbocycles. The maximum absolute atomic E-state index is 13.4. The lowest BCUT2D eigenvalue weighted by molar-refractivity contribution is 0.0949. The Hall–Kier alpha value is -2.51. The first-order valence-corrected chi connectivity index (χ1v) is 10.9. The van der Waals surface area contributed by atoms with Crippen LogP contribution in [-0.4, -0.2) is 25.9 Å². The maximum Gasteiger partial charge on any atom is 0.269 e. The molecule has 2 heterocycles. The van der Waals surface area contributed by atoms with Crippen LogP contribution in [0.1, 0.15) is 31.7 Å². The van der Waals surface area contributed by atoms with E-state index >= 15 is 0 Å². The molecule has 0 bridgehead atoms. The molecule has 3 aromatic rings. The quantitative estimate of drug-likeness (QED) is 0.684. The van der Waals surface area contributed by atoms with Crippen molar-refractivity contribution in [1.29, 1.82) is 0 Å². The van der Waals surface area contributed by atoms with Crippen molar-refractivity contribution in [2.45, 2.75) is 24.0 Å². The highest BCUT2D eigenvalue weighted by atomic mass is 32.2. The van der Waals surface area contributed by atoms with E-state index in [1.165, 1.54) is 17.5 Å². The summed E-state index contributed by atoms with van der Waals surface area (Å²) in [5.74, 6) is -0.395. The predicted octanol–water partition coefficient (Wildman–Crippen LogP) is 3.70. The standard InChI is InChI=1S/C20H20N2O3S2/c1-14-8-9-15(2)18(12-14)27(24,25)19(17-7-5-11-26-17)13-22-20(23)16-6-3-4-10-21-16/h3-12,19H,13H2,1-2H3,(H,22,23)/t19-/m0/s1. The van der Waals surface area contributed by atoms with Crippen LogP contribution in [0.3, 0.4) is 0 Å². The molecule has 0 spiro atoms. The summed E-state index contributed by atoms with van der Waals surface area (Å²) in [6, 6.07) is 14.0. The second-order valence-corrected chi connectivity index (χ2v) is 9.32. The number of aryl methyl sites for hydroxylation is 2. The third-order valence-electron chi connectivity index (χ3n) is 4.23. The first kappa shape index (κ1) is 19.3. The number of hydrogen-bond acceptors (Lipinski definition) is 5. The number of thiophene rings is 1. The van der Waals surface area contributed by atoms with E-state index in [9.17, 15) is 13.2 Å². The van der Waals surface area contributed by atoms with Gasteiger partial charge in [-0.05, 0) is 54.6 Å². The largest absolute Gasteiger partial charge is 0.349 e. The van der Waals surface area contributed by atoms with Gasteiger partial charge in [-0.15, -0.1) is 11.3 Å². The molecule has 1 aromatic carbocycles. The Bertz CT molecular complexity index is 1030. The molecule has 7 heteroatoms. The van der Waals surface area contributed by atoms with Gasteiger partial charge >= 0.3 is 0 Å². The maximum atomic E-state index is 13.4. The summed E-state index contributed by atoms with van der Waals surface area (Å²) in [6.07, 6.45) is 1.53. The van der Waals surface area contributed by atoms with Crippen LogP contribution < -0.4 is 5.32 Å². The number of carbonyl (C=O) groups is 1. The van der Waals surface area contributed by atoms with Crippen molar-refractivity contribution in [3.63, 3.8) is 0 Å². The zero-order chi connectivity index (χ0) is 19.4. The fraction of sp³-hybridized carbons (Fsp3) is 0.200. The Labute approximate surface area is 163 Å². The van der Waals surface area contributed by atoms with Crippen LogP contribution in [0.4, 0.5) is 0 Å². The SMILES string of the molecule is Cc1ccc(C)c(S(=O)(=O)[C@@H](CNC(=O)c2ccccn2)c2cccs2)c1. The predicted molar refractivity (Wildman–Crippen MR) is 107 cm³/mol. The minimum atomic E-state index is -3.68. The number of aromatic nitrogens is 1. The van der Waals surface area contributed by atoms with Gasteiger partial charge in [-0.3, -0.25) is 9.78 Å². The van der Waals surface area contributed by atoms with E-state index in [2.05, 4.69) is 10.3 Å². The zero-order valence-electron chi connectivity index (χ0n) is 15.0. The molecule has 1 N–H and O–H groups in total. The first-order chi connectivity index (χ1) is 12.9. The molecule has 27 heavy (non-hydrogen) atoms. The van der Waals surface area contributed by atoms with Crippen LogP contribution in [0.2, 0.25) is 0 Å². The summed E-state index contributed by atoms with van der Waals surface area (Å²) in [4.78, 5) is 17.3. The van der Waals surface area contributed by atoms with Crippen LogP contribution >= 0.6 is 11.3 Å². The molecule has 0 unspecified atom stereocenters. The van der Waals surface area contributed by atoms with Gasteiger partial charge in [-0.25, -0.2) is 8.42 Å². The molecule has 0 saturated carbocycles. The Morgan fingerprint density at radius 1 is 1.15 bits per heavy atom. The fourth-order valence-corrected chi connectivity index (χ4v) is 5.89. The number of benzene rings is 1. The highest BCUT2D eigenvalue weighted by Crippen LogP contribution is 2.33. The number of rotatable bonds is 6. The summed E-state index contributed by atoms with van der Waals surface area (Å²) in [7, 11) is -3.68. The molecule has 5 nitrogen and oxygen atoms in total. The average Bonchev–Trinajstić information content (AvgIpc) is 3.18. The second-order valence-electron chi connectivity index (χ2n) is 6.24. The average molecular weight is 401 g/mol. The minimum Gasteiger partial charge on any atom is -0.349 e. The lowest BCUT2D eigenvalue weighted by atomic mass is 10.2. The number of sulfone groups is 1. The Morgan fingerprint density at radius 2 is 1.96 bits per heavy atom. The zero-order valence-corrected chi connectivity index (χ0v) is 16.7. The number of hydrogen-bond donors (Lipinski definition) is 1. The van der Waals surface area contributed by atoms with Crippen molar-refractivity contribution in [3.05, 3.63) is 81.8 Å². The molecule has 0 aliphatic heterocycles. The lowest BCUT2D eigenvalue weighted by Crippen LogP contribution is -2.32. The van der Waals surface area contributed by atoms with Gasteiger partial charge in [0.25, 0.3) is 5.91 Å². The van der Waals surface area contributed by atoms with Crippen molar-refractivity contribution >= 4 is 27.1 Å². The topological polar surface area (TPSA) is 76.1 Å². The van der Waals surface area contributed by atoms with Crippen LogP contribution in [0.25, 0.3) is 0 Å². The van der Waals surface area contributed by atoms with Crippen molar-refractivity contribution < 1.29 is 13.2 Å². The molecule has 2 aromatic heterocycles. The molecule has 0 fully saturated rings. The van der Waals surface area contributed by atoms with E-state index in [-0.39, 0.29) is 12.2 Å². The molecule has 140 valence electrons. The molecular formula is C20H20N2O3S2. The molecule has 0 saturated heterocycles. The van der Waals surface area contributed by atoms with Crippen LogP contribution in [0.5, 0.6) is 0 Å². The monoisotopic (exact) mass is 400 g/mol. The fourth-order valence-electron chi connectivity index (χ4n) is 2.78. The van der Waals surface area contributed by atoms with Gasteiger partial charge in [0.05, 0.1) is 4.90 Å². The number of amides is 1. The number of nitrogens with zero attached hydrogens (tertiary/aromatic N) is 1. The van der Waals surface area contributed by atoms with Gasteiger partial charge in [-0.2, -0.15) is 0 Å². The molecule has 0 aliphatic rings. The smallest absolute Gasteiger partial charge is 0.269 e. The molecule has 3 rings (SSSR count). The van der Waals surface area contributed by atoms with Gasteiger partial charge < -0.3 is 5.32 Å². The molecule has 1 amide bonds. The van der Waals surface area contributed by atoms with E-state index in [1.807, 2.05) is 24.4 Å². The third kappa shape index (κ3) is 4.26. The van der Waals surface area contributed by atoms with Crippen molar-refractivity contribution in [2.24, 2.45) is 0 Å². The van der Waals surface area contributed by atoms with Crippen LogP contribution in [0.15, 0.2) is 65.0 Å². The highest BCUT2D eigenvalue weighted by molar-refractivity contribution is 7.92. The lowest BCUT2D eigenvalue weighted by Gasteiger charge is -2.19. The molecule has 1 atom stereocenters. The molecule has 0 radical (unpaired) electrons. The number of carbonyl (C=O) groups excluding carboxylic acids is 1. The summed E-state index contributed by atoms with van der Waals surface area (Å²) in [5.41, 5.74) is 1.83. The summed E-state index contributed by atoms with van der Waals surface area (Å²) < 4.78 is 26.8. The third-order valence-corrected chi connectivity index (χ3v) is 7.59. The van der Waals surface area contributed by atoms with Gasteiger partial charge in [0, 0.05) is 17.6 Å². The van der Waals surface area contributed by atoms with E-state index in [0.717, 1.165) is 5.56 Å². The van der Waals surface area contributed by atoms with E-state index in [0.29, 0.717) is 15.3 Å². The van der Waals surface area contributed by atoms with E-state index in [1.54, 1.807) is 43.3 Å². The van der Waals surface area contributed by atoms with E-state index < -0.39 is 21.0 Å². The van der Waals surface area contributed by atoms with Gasteiger partial charge in [0.15, 0.2) is 9.84 Å². The summed E-state index contributed by atoms with van der Waals surface area (Å²) >= 11 is 1.36. The van der Waals surface area contributed by atoms with Crippen LogP contribution in [0, 0.1) is 13.8 Å². The number of nitrogens with one attached hydrogen (secondary N) is 1. The van der Waals surface area contributed by atoms with Gasteiger partial charge in [0.1, 0.15) is 10.9 Å². The minimum absolute atomic E-state index is 0.0222. The highest BCUT2D eigenvalue weighted by Gasteiger charge is 2.31. The van der Waals surface area contributed by atoms with Crippen molar-refractivity contribution in [3.8, 4) is 0 Å². The Kier molecular flexibility index (Phi) is 5.72.